The zero-order chi connectivity index (χ0) is 20.6. The molecule has 1 atom stereocenters. The molecule has 1 aromatic rings. The highest BCUT2D eigenvalue weighted by atomic mass is 31.2. The molecule has 1 aromatic heterocycles. The van der Waals surface area contributed by atoms with Crippen LogP contribution in [0.25, 0.3) is 0 Å². The molecule has 4 heterocycles. The third-order valence-electron chi connectivity index (χ3n) is 5.47. The molecule has 0 bridgehead atoms. The molecule has 0 saturated carbocycles. The van der Waals surface area contributed by atoms with Gasteiger partial charge in [0.05, 0.1) is 13.2 Å². The highest BCUT2D eigenvalue weighted by Gasteiger charge is 2.52. The lowest BCUT2D eigenvalue weighted by Crippen LogP contribution is -2.38. The van der Waals surface area contributed by atoms with Crippen LogP contribution in [-0.4, -0.2) is 87.7 Å². The molecule has 4 rings (SSSR count). The summed E-state index contributed by atoms with van der Waals surface area (Å²) in [5, 5.41) is 11.6. The minimum atomic E-state index is -3.08. The van der Waals surface area contributed by atoms with Gasteiger partial charge in [-0.1, -0.05) is 13.8 Å². The Kier molecular flexibility index (Phi) is 6.06. The Morgan fingerprint density at radius 3 is 2.31 bits per heavy atom. The predicted molar refractivity (Wildman–Crippen MR) is 106 cm³/mol. The fraction of sp³-hybridized carbons (Fsp3) is 0.824. The summed E-state index contributed by atoms with van der Waals surface area (Å²) in [6.07, 6.45) is 0.702. The summed E-state index contributed by atoms with van der Waals surface area (Å²) in [5.74, 6) is 0.382. The molecule has 162 valence electrons. The van der Waals surface area contributed by atoms with Gasteiger partial charge in [-0.2, -0.15) is 0 Å². The first-order chi connectivity index (χ1) is 13.9. The molecule has 29 heavy (non-hydrogen) atoms. The molecule has 0 N–H and O–H groups in total. The molecule has 3 aliphatic heterocycles. The number of ether oxygens (including phenoxy) is 1. The van der Waals surface area contributed by atoms with Gasteiger partial charge in [0.2, 0.25) is 5.82 Å². The molecule has 0 aliphatic carbocycles. The maximum atomic E-state index is 13.5. The van der Waals surface area contributed by atoms with Gasteiger partial charge in [-0.3, -0.25) is 14.0 Å². The molecule has 1 unspecified atom stereocenters. The van der Waals surface area contributed by atoms with Crippen molar-refractivity contribution in [3.63, 3.8) is 0 Å². The normalized spacial score (nSPS) is 22.2. The van der Waals surface area contributed by atoms with E-state index in [-0.39, 0.29) is 11.7 Å². The van der Waals surface area contributed by atoms with E-state index in [0.717, 1.165) is 39.3 Å². The third kappa shape index (κ3) is 4.55. The van der Waals surface area contributed by atoms with Gasteiger partial charge in [0, 0.05) is 45.8 Å². The lowest BCUT2D eigenvalue weighted by atomic mass is 10.1. The Morgan fingerprint density at radius 1 is 1.17 bits per heavy atom. The van der Waals surface area contributed by atoms with Crippen molar-refractivity contribution in [2.45, 2.75) is 26.5 Å². The van der Waals surface area contributed by atoms with Crippen molar-refractivity contribution in [1.29, 1.82) is 0 Å². The fourth-order valence-electron chi connectivity index (χ4n) is 3.57. The number of morpholine rings is 1. The van der Waals surface area contributed by atoms with Crippen LogP contribution in [-0.2, 0) is 20.4 Å². The van der Waals surface area contributed by atoms with Gasteiger partial charge in [-0.25, -0.2) is 18.9 Å². The molecule has 0 amide bonds. The average Bonchev–Trinajstić information content (AvgIpc) is 3.60. The van der Waals surface area contributed by atoms with Gasteiger partial charge in [0.25, 0.3) is 0 Å². The number of hydrogen-bond donors (Lipinski definition) is 0. The molecule has 0 spiro atoms. The Hall–Kier alpha value is -1.36. The van der Waals surface area contributed by atoms with Gasteiger partial charge in [-0.05, 0) is 10.8 Å². The molecule has 3 saturated heterocycles. The predicted octanol–water partition coefficient (Wildman–Crippen LogP) is 1.58. The van der Waals surface area contributed by atoms with Crippen molar-refractivity contribution < 1.29 is 18.7 Å². The van der Waals surface area contributed by atoms with E-state index in [2.05, 4.69) is 9.88 Å². The quantitative estimate of drug-likeness (QED) is 0.238. The van der Waals surface area contributed by atoms with Crippen LogP contribution in [0, 0.1) is 16.0 Å². The second kappa shape index (κ2) is 8.41. The molecule has 0 aromatic carbocycles. The van der Waals surface area contributed by atoms with Crippen molar-refractivity contribution >= 4 is 13.5 Å². The lowest BCUT2D eigenvalue weighted by Gasteiger charge is -2.28. The van der Waals surface area contributed by atoms with E-state index in [1.165, 1.54) is 6.20 Å². The van der Waals surface area contributed by atoms with Gasteiger partial charge in [0.15, 0.2) is 0 Å². The first-order valence-electron chi connectivity index (χ1n) is 10.2. The SMILES string of the molecule is CC(C)C(OP(=O)(N1CC1)N1CC1)c1ncc([N+](=O)[O-])n1CCN1CCOCC1. The Balaban J connectivity index is 1.58. The third-order valence-corrected chi connectivity index (χ3v) is 8.20. The summed E-state index contributed by atoms with van der Waals surface area (Å²) >= 11 is 0. The van der Waals surface area contributed by atoms with Crippen LogP contribution in [0.3, 0.4) is 0 Å². The van der Waals surface area contributed by atoms with Crippen molar-refractivity contribution in [2.75, 3.05) is 59.0 Å². The fourth-order valence-corrected chi connectivity index (χ4v) is 6.02. The van der Waals surface area contributed by atoms with Crippen molar-refractivity contribution in [3.05, 3.63) is 22.1 Å². The largest absolute Gasteiger partial charge is 0.379 e. The molecule has 3 aliphatic rings. The van der Waals surface area contributed by atoms with Gasteiger partial charge in [0.1, 0.15) is 18.8 Å². The number of nitrogens with zero attached hydrogens (tertiary/aromatic N) is 6. The minimum absolute atomic E-state index is 0.0348. The van der Waals surface area contributed by atoms with Crippen molar-refractivity contribution in [2.24, 2.45) is 5.92 Å². The summed E-state index contributed by atoms with van der Waals surface area (Å²) in [6.45, 7) is 11.0. The summed E-state index contributed by atoms with van der Waals surface area (Å²) in [6, 6.07) is 0. The smallest absolute Gasteiger partial charge is 0.347 e. The minimum Gasteiger partial charge on any atom is -0.379 e. The molecular formula is C17H29N6O5P. The van der Waals surface area contributed by atoms with E-state index in [4.69, 9.17) is 9.26 Å². The maximum absolute atomic E-state index is 13.5. The molecule has 11 nitrogen and oxygen atoms in total. The van der Waals surface area contributed by atoms with Crippen LogP contribution >= 0.6 is 7.67 Å². The number of nitro groups is 1. The summed E-state index contributed by atoms with van der Waals surface area (Å²) in [5.41, 5.74) is 0. The van der Waals surface area contributed by atoms with E-state index in [0.29, 0.717) is 32.1 Å². The number of rotatable bonds is 10. The molecule has 12 heteroatoms. The van der Waals surface area contributed by atoms with Crippen LogP contribution in [0.4, 0.5) is 5.82 Å². The number of aromatic nitrogens is 2. The van der Waals surface area contributed by atoms with E-state index in [1.54, 1.807) is 4.57 Å². The maximum Gasteiger partial charge on any atom is 0.347 e. The Bertz CT molecular complexity index is 771. The van der Waals surface area contributed by atoms with Crippen LogP contribution in [0.2, 0.25) is 0 Å². The highest BCUT2D eigenvalue weighted by Crippen LogP contribution is 2.63. The first kappa shape index (κ1) is 20.9. The molecule has 0 radical (unpaired) electrons. The van der Waals surface area contributed by atoms with Crippen molar-refractivity contribution in [1.82, 2.24) is 23.8 Å². The lowest BCUT2D eigenvalue weighted by molar-refractivity contribution is -0.392. The standard InChI is InChI=1S/C17H29N6O5P/c1-14(2)16(28-29(26,20-4-5-20)21-6-7-21)17-18-13-15(23(24)25)22(17)8-3-19-9-11-27-12-10-19/h13-14,16H,3-12H2,1-2H3. The van der Waals surface area contributed by atoms with E-state index in [1.807, 2.05) is 23.2 Å². The van der Waals surface area contributed by atoms with Gasteiger partial charge in [-0.15, -0.1) is 0 Å². The first-order valence-corrected chi connectivity index (χ1v) is 11.7. The zero-order valence-electron chi connectivity index (χ0n) is 17.0. The topological polar surface area (TPSA) is 106 Å². The van der Waals surface area contributed by atoms with Gasteiger partial charge < -0.3 is 14.9 Å². The van der Waals surface area contributed by atoms with Crippen molar-refractivity contribution in [3.8, 4) is 0 Å². The van der Waals surface area contributed by atoms with Crippen LogP contribution in [0.15, 0.2) is 6.20 Å². The molecular weight excluding hydrogens is 399 g/mol. The van der Waals surface area contributed by atoms with Crippen LogP contribution in [0.1, 0.15) is 25.8 Å². The van der Waals surface area contributed by atoms with Crippen LogP contribution < -0.4 is 0 Å². The highest BCUT2D eigenvalue weighted by molar-refractivity contribution is 7.54. The summed E-state index contributed by atoms with van der Waals surface area (Å²) in [4.78, 5) is 17.8. The average molecular weight is 428 g/mol. The second-order valence-corrected chi connectivity index (χ2v) is 10.3. The Labute approximate surface area is 170 Å². The number of imidazole rings is 1. The summed E-state index contributed by atoms with van der Waals surface area (Å²) in [7, 11) is -3.08. The van der Waals surface area contributed by atoms with E-state index in [9.17, 15) is 14.7 Å². The zero-order valence-corrected chi connectivity index (χ0v) is 17.9. The van der Waals surface area contributed by atoms with E-state index >= 15 is 0 Å². The Morgan fingerprint density at radius 2 is 1.79 bits per heavy atom. The monoisotopic (exact) mass is 428 g/mol. The van der Waals surface area contributed by atoms with Crippen LogP contribution in [0.5, 0.6) is 0 Å². The van der Waals surface area contributed by atoms with E-state index < -0.39 is 18.7 Å². The second-order valence-electron chi connectivity index (χ2n) is 8.01. The van der Waals surface area contributed by atoms with Gasteiger partial charge >= 0.3 is 13.5 Å². The summed E-state index contributed by atoms with van der Waals surface area (Å²) < 4.78 is 30.4. The number of hydrogen-bond acceptors (Lipinski definition) is 7. The molecule has 3 fully saturated rings.